The predicted octanol–water partition coefficient (Wildman–Crippen LogP) is 1.93. The lowest BCUT2D eigenvalue weighted by molar-refractivity contribution is 0.579. The molecule has 7 heteroatoms. The zero-order valence-corrected chi connectivity index (χ0v) is 13.1. The van der Waals surface area contributed by atoms with Crippen LogP contribution in [0.5, 0.6) is 0 Å². The minimum atomic E-state index is -3.44. The summed E-state index contributed by atoms with van der Waals surface area (Å²) in [6, 6.07) is 3.05. The van der Waals surface area contributed by atoms with E-state index in [-0.39, 0.29) is 4.90 Å². The van der Waals surface area contributed by atoms with Gasteiger partial charge in [0.25, 0.3) is 0 Å². The third-order valence-corrected chi connectivity index (χ3v) is 5.14. The van der Waals surface area contributed by atoms with Gasteiger partial charge in [0.05, 0.1) is 4.90 Å². The Labute approximate surface area is 119 Å². The number of anilines is 1. The number of hydrogen-bond acceptors (Lipinski definition) is 5. The Morgan fingerprint density at radius 2 is 2.21 bits per heavy atom. The van der Waals surface area contributed by atoms with Crippen molar-refractivity contribution in [3.05, 3.63) is 18.3 Å². The summed E-state index contributed by atoms with van der Waals surface area (Å²) in [5.74, 6) is 0.572. The van der Waals surface area contributed by atoms with Crippen LogP contribution in [0.25, 0.3) is 0 Å². The van der Waals surface area contributed by atoms with E-state index in [0.29, 0.717) is 24.2 Å². The van der Waals surface area contributed by atoms with Gasteiger partial charge in [-0.25, -0.2) is 18.1 Å². The van der Waals surface area contributed by atoms with Crippen molar-refractivity contribution < 1.29 is 8.42 Å². The summed E-state index contributed by atoms with van der Waals surface area (Å²) in [6.45, 7) is 5.16. The molecule has 0 bridgehead atoms. The Bertz CT molecular complexity index is 492. The topological polar surface area (TPSA) is 71.1 Å². The molecular weight excluding hydrogens is 282 g/mol. The summed E-state index contributed by atoms with van der Waals surface area (Å²) in [6.07, 6.45) is 4.33. The van der Waals surface area contributed by atoms with Crippen LogP contribution in [-0.4, -0.2) is 38.0 Å². The van der Waals surface area contributed by atoms with Crippen LogP contribution < -0.4 is 10.0 Å². The zero-order chi connectivity index (χ0) is 14.3. The van der Waals surface area contributed by atoms with Crippen LogP contribution in [0.15, 0.2) is 23.2 Å². The number of nitrogens with zero attached hydrogens (tertiary/aromatic N) is 1. The second-order valence-corrected chi connectivity index (χ2v) is 7.18. The van der Waals surface area contributed by atoms with Crippen molar-refractivity contribution >= 4 is 27.6 Å². The average molecular weight is 303 g/mol. The van der Waals surface area contributed by atoms with Gasteiger partial charge in [-0.15, -0.1) is 0 Å². The quantitative estimate of drug-likeness (QED) is 0.768. The first-order chi connectivity index (χ1) is 8.99. The van der Waals surface area contributed by atoms with Crippen molar-refractivity contribution in [3.8, 4) is 0 Å². The van der Waals surface area contributed by atoms with E-state index in [9.17, 15) is 8.42 Å². The molecule has 108 valence electrons. The molecule has 0 aliphatic carbocycles. The van der Waals surface area contributed by atoms with Crippen molar-refractivity contribution in [2.75, 3.05) is 24.7 Å². The Kier molecular flexibility index (Phi) is 6.60. The van der Waals surface area contributed by atoms with Gasteiger partial charge < -0.3 is 5.32 Å². The second kappa shape index (κ2) is 7.72. The number of rotatable bonds is 8. The smallest absolute Gasteiger partial charge is 0.240 e. The number of aromatic nitrogens is 1. The molecule has 0 spiro atoms. The molecule has 0 saturated carbocycles. The van der Waals surface area contributed by atoms with Crippen LogP contribution in [0.2, 0.25) is 0 Å². The maximum atomic E-state index is 12.1. The first-order valence-electron chi connectivity index (χ1n) is 6.22. The van der Waals surface area contributed by atoms with Gasteiger partial charge in [-0.05, 0) is 25.7 Å². The fraction of sp³-hybridized carbons (Fsp3) is 0.583. The molecule has 1 rings (SSSR count). The lowest BCUT2D eigenvalue weighted by atomic mass is 10.3. The van der Waals surface area contributed by atoms with Gasteiger partial charge in [-0.3, -0.25) is 0 Å². The lowest BCUT2D eigenvalue weighted by Gasteiger charge is -2.10. The molecule has 0 radical (unpaired) electrons. The normalized spacial score (nSPS) is 13.2. The van der Waals surface area contributed by atoms with Crippen LogP contribution in [0.4, 0.5) is 5.82 Å². The van der Waals surface area contributed by atoms with Crippen LogP contribution in [0.1, 0.15) is 20.3 Å². The fourth-order valence-electron chi connectivity index (χ4n) is 1.45. The summed E-state index contributed by atoms with van der Waals surface area (Å²) in [7, 11) is -3.44. The summed E-state index contributed by atoms with van der Waals surface area (Å²) in [5.41, 5.74) is 0. The number of hydrogen-bond donors (Lipinski definition) is 2. The first-order valence-corrected chi connectivity index (χ1v) is 8.99. The molecule has 0 aliphatic heterocycles. The Morgan fingerprint density at radius 1 is 1.47 bits per heavy atom. The maximum Gasteiger partial charge on any atom is 0.240 e. The van der Waals surface area contributed by atoms with Crippen LogP contribution >= 0.6 is 11.8 Å². The Morgan fingerprint density at radius 3 is 2.84 bits per heavy atom. The van der Waals surface area contributed by atoms with Gasteiger partial charge in [0.15, 0.2) is 0 Å². The zero-order valence-electron chi connectivity index (χ0n) is 11.5. The van der Waals surface area contributed by atoms with E-state index in [1.54, 1.807) is 17.8 Å². The molecule has 1 heterocycles. The number of thioether (sulfide) groups is 1. The molecule has 0 amide bonds. The molecule has 0 saturated heterocycles. The minimum absolute atomic E-state index is 0.246. The third kappa shape index (κ3) is 5.38. The molecule has 1 atom stereocenters. The van der Waals surface area contributed by atoms with Crippen molar-refractivity contribution in [2.24, 2.45) is 0 Å². The van der Waals surface area contributed by atoms with Crippen LogP contribution in [-0.2, 0) is 10.0 Å². The minimum Gasteiger partial charge on any atom is -0.370 e. The third-order valence-electron chi connectivity index (χ3n) is 2.64. The molecule has 0 aromatic carbocycles. The Balaban J connectivity index is 2.68. The van der Waals surface area contributed by atoms with E-state index in [1.165, 1.54) is 12.3 Å². The van der Waals surface area contributed by atoms with E-state index in [2.05, 4.69) is 21.9 Å². The molecule has 1 aromatic heterocycles. The predicted molar refractivity (Wildman–Crippen MR) is 81.2 cm³/mol. The van der Waals surface area contributed by atoms with Crippen LogP contribution in [0.3, 0.4) is 0 Å². The molecule has 2 N–H and O–H groups in total. The summed E-state index contributed by atoms with van der Waals surface area (Å²) in [4.78, 5) is 4.30. The first kappa shape index (κ1) is 16.3. The van der Waals surface area contributed by atoms with E-state index in [1.807, 2.05) is 13.2 Å². The molecule has 19 heavy (non-hydrogen) atoms. The molecule has 0 fully saturated rings. The number of nitrogens with one attached hydrogen (secondary N) is 2. The number of sulfonamides is 1. The summed E-state index contributed by atoms with van der Waals surface area (Å²) < 4.78 is 26.8. The standard InChI is InChI=1S/C12H21N3O2S2/c1-4-13-12-9-11(6-7-14-12)19(16,17)15-8-5-10(2)18-3/h6-7,9-10,15H,4-5,8H2,1-3H3,(H,13,14). The molecule has 1 aromatic rings. The van der Waals surface area contributed by atoms with Gasteiger partial charge in [0, 0.05) is 30.6 Å². The van der Waals surface area contributed by atoms with Crippen molar-refractivity contribution in [2.45, 2.75) is 30.4 Å². The largest absolute Gasteiger partial charge is 0.370 e. The highest BCUT2D eigenvalue weighted by Crippen LogP contribution is 2.13. The maximum absolute atomic E-state index is 12.1. The number of pyridine rings is 1. The highest BCUT2D eigenvalue weighted by Gasteiger charge is 2.14. The van der Waals surface area contributed by atoms with Gasteiger partial charge in [0.1, 0.15) is 5.82 Å². The summed E-state index contributed by atoms with van der Waals surface area (Å²) in [5, 5.41) is 3.44. The molecule has 1 unspecified atom stereocenters. The van der Waals surface area contributed by atoms with E-state index < -0.39 is 10.0 Å². The average Bonchev–Trinajstić information content (AvgIpc) is 2.39. The molecular formula is C12H21N3O2S2. The summed E-state index contributed by atoms with van der Waals surface area (Å²) >= 11 is 1.73. The van der Waals surface area contributed by atoms with E-state index in [4.69, 9.17) is 0 Å². The lowest BCUT2D eigenvalue weighted by Crippen LogP contribution is -2.26. The second-order valence-electron chi connectivity index (χ2n) is 4.14. The molecule has 5 nitrogen and oxygen atoms in total. The van der Waals surface area contributed by atoms with Gasteiger partial charge in [-0.1, -0.05) is 6.92 Å². The van der Waals surface area contributed by atoms with Crippen molar-refractivity contribution in [1.82, 2.24) is 9.71 Å². The van der Waals surface area contributed by atoms with Gasteiger partial charge in [0.2, 0.25) is 10.0 Å². The van der Waals surface area contributed by atoms with Crippen LogP contribution in [0, 0.1) is 0 Å². The van der Waals surface area contributed by atoms with E-state index in [0.717, 1.165) is 6.42 Å². The van der Waals surface area contributed by atoms with E-state index >= 15 is 0 Å². The van der Waals surface area contributed by atoms with Gasteiger partial charge in [-0.2, -0.15) is 11.8 Å². The highest BCUT2D eigenvalue weighted by molar-refractivity contribution is 7.99. The molecule has 0 aliphatic rings. The Hall–Kier alpha value is -0.790. The monoisotopic (exact) mass is 303 g/mol. The van der Waals surface area contributed by atoms with Gasteiger partial charge >= 0.3 is 0 Å². The van der Waals surface area contributed by atoms with Crippen molar-refractivity contribution in [3.63, 3.8) is 0 Å². The van der Waals surface area contributed by atoms with Crippen molar-refractivity contribution in [1.29, 1.82) is 0 Å². The fourth-order valence-corrected chi connectivity index (χ4v) is 2.87. The highest BCUT2D eigenvalue weighted by atomic mass is 32.2. The SMILES string of the molecule is CCNc1cc(S(=O)(=O)NCCC(C)SC)ccn1.